The van der Waals surface area contributed by atoms with Gasteiger partial charge in [0.2, 0.25) is 0 Å². The van der Waals surface area contributed by atoms with Gasteiger partial charge < -0.3 is 0 Å². The lowest BCUT2D eigenvalue weighted by molar-refractivity contribution is -0.122. The van der Waals surface area contributed by atoms with E-state index >= 15 is 0 Å². The minimum absolute atomic E-state index is 0.303. The Morgan fingerprint density at radius 1 is 1.21 bits per heavy atom. The fourth-order valence-corrected chi connectivity index (χ4v) is 2.79. The summed E-state index contributed by atoms with van der Waals surface area (Å²) in [7, 11) is 0. The average Bonchev–Trinajstić information content (AvgIpc) is 1.99. The van der Waals surface area contributed by atoms with Gasteiger partial charge in [-0.2, -0.15) is 0 Å². The van der Waals surface area contributed by atoms with E-state index in [1.807, 2.05) is 0 Å². The molecule has 1 fully saturated rings. The molecular weight excluding hydrogens is 172 g/mol. The summed E-state index contributed by atoms with van der Waals surface area (Å²) in [6, 6.07) is 0. The second-order valence-electron chi connectivity index (χ2n) is 5.95. The van der Waals surface area contributed by atoms with Crippen LogP contribution in [0, 0.1) is 17.3 Å². The van der Waals surface area contributed by atoms with Gasteiger partial charge >= 0.3 is 0 Å². The van der Waals surface area contributed by atoms with Crippen molar-refractivity contribution >= 4 is 5.78 Å². The van der Waals surface area contributed by atoms with E-state index in [0.717, 1.165) is 19.3 Å². The molecule has 0 aromatic heterocycles. The van der Waals surface area contributed by atoms with Crippen LogP contribution in [0.2, 0.25) is 0 Å². The van der Waals surface area contributed by atoms with Gasteiger partial charge in [-0.15, -0.1) is 0 Å². The Labute approximate surface area is 86.6 Å². The molecule has 0 aromatic carbocycles. The predicted octanol–water partition coefficient (Wildman–Crippen LogP) is 3.35. The number of carbonyl (C=O) groups is 1. The highest BCUT2D eigenvalue weighted by Gasteiger charge is 2.33. The zero-order valence-corrected chi connectivity index (χ0v) is 9.47. The summed E-state index contributed by atoms with van der Waals surface area (Å²) < 4.78 is 0. The van der Waals surface area contributed by atoms with Gasteiger partial charge in [-0.1, -0.05) is 32.4 Å². The smallest absolute Gasteiger partial charge is 0.133 e. The van der Waals surface area contributed by atoms with Gasteiger partial charge in [-0.05, 0) is 30.1 Å². The predicted molar refractivity (Wildman–Crippen MR) is 58.0 cm³/mol. The lowest BCUT2D eigenvalue weighted by atomic mass is 9.68. The van der Waals surface area contributed by atoms with E-state index < -0.39 is 0 Å². The van der Waals surface area contributed by atoms with Crippen molar-refractivity contribution in [3.05, 3.63) is 11.6 Å². The van der Waals surface area contributed by atoms with Crippen molar-refractivity contribution in [2.45, 2.75) is 46.5 Å². The van der Waals surface area contributed by atoms with Gasteiger partial charge in [0.15, 0.2) is 0 Å². The molecule has 0 aromatic rings. The Morgan fingerprint density at radius 2 is 1.93 bits per heavy atom. The van der Waals surface area contributed by atoms with Crippen LogP contribution in [0.4, 0.5) is 0 Å². The molecule has 0 saturated heterocycles. The molecule has 0 heterocycles. The minimum Gasteiger partial charge on any atom is -0.300 e. The Kier molecular flexibility index (Phi) is 2.29. The molecule has 1 nitrogen and oxygen atoms in total. The number of allylic oxidation sites excluding steroid dienone is 2. The summed E-state index contributed by atoms with van der Waals surface area (Å²) in [6.45, 7) is 6.84. The Hall–Kier alpha value is -0.590. The standard InChI is InChI=1S/C13H20O/c1-13(2,3)11-5-9-4-10(6-11)8-12(14)7-9/h5,9-10H,4,6-8H2,1-3H3/t9-,10+/m0/s1. The number of hydrogen-bond donors (Lipinski definition) is 0. The second kappa shape index (κ2) is 3.22. The minimum atomic E-state index is 0.303. The van der Waals surface area contributed by atoms with E-state index in [2.05, 4.69) is 26.8 Å². The first-order valence-corrected chi connectivity index (χ1v) is 5.68. The number of hydrogen-bond acceptors (Lipinski definition) is 1. The molecule has 0 radical (unpaired) electrons. The van der Waals surface area contributed by atoms with Crippen molar-refractivity contribution in [3.63, 3.8) is 0 Å². The van der Waals surface area contributed by atoms with Gasteiger partial charge in [0.05, 0.1) is 0 Å². The van der Waals surface area contributed by atoms with Crippen LogP contribution >= 0.6 is 0 Å². The molecule has 2 bridgehead atoms. The Morgan fingerprint density at radius 3 is 2.50 bits per heavy atom. The molecule has 0 spiro atoms. The largest absolute Gasteiger partial charge is 0.300 e. The van der Waals surface area contributed by atoms with Crippen LogP contribution in [0.3, 0.4) is 0 Å². The van der Waals surface area contributed by atoms with Crippen LogP contribution in [0.1, 0.15) is 46.5 Å². The molecule has 0 unspecified atom stereocenters. The third-order valence-electron chi connectivity index (χ3n) is 3.55. The SMILES string of the molecule is CC(C)(C)C1=C[C@H]2CC(=O)C[C@@H](C1)C2. The number of carbonyl (C=O) groups excluding carboxylic acids is 1. The molecular formula is C13H20O. The third-order valence-corrected chi connectivity index (χ3v) is 3.55. The quantitative estimate of drug-likeness (QED) is 0.538. The second-order valence-corrected chi connectivity index (χ2v) is 5.95. The van der Waals surface area contributed by atoms with E-state index in [0.29, 0.717) is 23.0 Å². The van der Waals surface area contributed by atoms with Crippen LogP contribution in [-0.4, -0.2) is 5.78 Å². The highest BCUT2D eigenvalue weighted by Crippen LogP contribution is 2.43. The first kappa shape index (κ1) is 9.95. The van der Waals surface area contributed by atoms with Gasteiger partial charge in [0, 0.05) is 12.8 Å². The third kappa shape index (κ3) is 1.92. The molecule has 2 aliphatic carbocycles. The van der Waals surface area contributed by atoms with Gasteiger partial charge in [0.25, 0.3) is 0 Å². The normalized spacial score (nSPS) is 32.8. The summed E-state index contributed by atoms with van der Waals surface area (Å²) in [5, 5.41) is 0. The zero-order valence-electron chi connectivity index (χ0n) is 9.47. The lowest BCUT2D eigenvalue weighted by Crippen LogP contribution is -2.28. The van der Waals surface area contributed by atoms with E-state index in [-0.39, 0.29) is 0 Å². The van der Waals surface area contributed by atoms with Crippen molar-refractivity contribution in [2.75, 3.05) is 0 Å². The van der Waals surface area contributed by atoms with Crippen LogP contribution in [0.5, 0.6) is 0 Å². The van der Waals surface area contributed by atoms with E-state index in [1.165, 1.54) is 6.42 Å². The number of rotatable bonds is 0. The molecule has 78 valence electrons. The average molecular weight is 192 g/mol. The zero-order chi connectivity index (χ0) is 10.3. The lowest BCUT2D eigenvalue weighted by Gasteiger charge is -2.37. The molecule has 1 saturated carbocycles. The summed E-state index contributed by atoms with van der Waals surface area (Å²) in [4.78, 5) is 11.4. The summed E-state index contributed by atoms with van der Waals surface area (Å²) in [5.74, 6) is 1.69. The maximum atomic E-state index is 11.4. The Balaban J connectivity index is 2.21. The first-order chi connectivity index (χ1) is 6.45. The number of Topliss-reactive ketones (excluding diaryl/α,β-unsaturated/α-hetero) is 1. The number of ketones is 1. The molecule has 2 atom stereocenters. The molecule has 1 heteroatoms. The summed E-state index contributed by atoms with van der Waals surface area (Å²) in [6.07, 6.45) is 6.44. The molecule has 2 aliphatic rings. The first-order valence-electron chi connectivity index (χ1n) is 5.68. The van der Waals surface area contributed by atoms with Crippen molar-refractivity contribution < 1.29 is 4.79 Å². The summed E-state index contributed by atoms with van der Waals surface area (Å²) in [5.41, 5.74) is 1.88. The van der Waals surface area contributed by atoms with Crippen LogP contribution in [0.25, 0.3) is 0 Å². The maximum Gasteiger partial charge on any atom is 0.133 e. The molecule has 0 amide bonds. The van der Waals surface area contributed by atoms with E-state index in [1.54, 1.807) is 5.57 Å². The van der Waals surface area contributed by atoms with Gasteiger partial charge in [-0.25, -0.2) is 0 Å². The van der Waals surface area contributed by atoms with E-state index in [4.69, 9.17) is 0 Å². The highest BCUT2D eigenvalue weighted by molar-refractivity contribution is 5.80. The molecule has 0 N–H and O–H groups in total. The van der Waals surface area contributed by atoms with Crippen molar-refractivity contribution in [2.24, 2.45) is 17.3 Å². The van der Waals surface area contributed by atoms with E-state index in [9.17, 15) is 4.79 Å². The van der Waals surface area contributed by atoms with Crippen LogP contribution in [-0.2, 0) is 4.79 Å². The topological polar surface area (TPSA) is 17.1 Å². The monoisotopic (exact) mass is 192 g/mol. The molecule has 0 aliphatic heterocycles. The fourth-order valence-electron chi connectivity index (χ4n) is 2.79. The fraction of sp³-hybridized carbons (Fsp3) is 0.769. The number of fused-ring (bicyclic) bond motifs is 2. The molecule has 14 heavy (non-hydrogen) atoms. The molecule has 2 rings (SSSR count). The van der Waals surface area contributed by atoms with Crippen LogP contribution in [0.15, 0.2) is 11.6 Å². The highest BCUT2D eigenvalue weighted by atomic mass is 16.1. The maximum absolute atomic E-state index is 11.4. The van der Waals surface area contributed by atoms with Crippen molar-refractivity contribution in [1.82, 2.24) is 0 Å². The van der Waals surface area contributed by atoms with Gasteiger partial charge in [0.1, 0.15) is 5.78 Å². The summed E-state index contributed by atoms with van der Waals surface area (Å²) >= 11 is 0. The van der Waals surface area contributed by atoms with Crippen molar-refractivity contribution in [3.8, 4) is 0 Å². The Bertz CT molecular complexity index is 280. The van der Waals surface area contributed by atoms with Gasteiger partial charge in [-0.3, -0.25) is 4.79 Å². The van der Waals surface area contributed by atoms with Crippen LogP contribution < -0.4 is 0 Å². The van der Waals surface area contributed by atoms with Crippen molar-refractivity contribution in [1.29, 1.82) is 0 Å².